The molecule has 0 bridgehead atoms. The zero-order valence-corrected chi connectivity index (χ0v) is 19.6. The van der Waals surface area contributed by atoms with Gasteiger partial charge >= 0.3 is 0 Å². The number of aliphatic hydroxyl groups is 1. The fraction of sp³-hybridized carbons (Fsp3) is 0.227. The molecule has 2 aromatic heterocycles. The minimum absolute atomic E-state index is 0.134. The molecule has 0 saturated heterocycles. The van der Waals surface area contributed by atoms with Gasteiger partial charge in [-0.15, -0.1) is 11.3 Å². The van der Waals surface area contributed by atoms with Crippen molar-refractivity contribution in [2.75, 3.05) is 10.6 Å². The highest BCUT2D eigenvalue weighted by molar-refractivity contribution is 7.80. The summed E-state index contributed by atoms with van der Waals surface area (Å²) in [5.41, 5.74) is 3.26. The first-order valence-electron chi connectivity index (χ1n) is 9.86. The zero-order chi connectivity index (χ0) is 23.4. The SMILES string of the molecule is Cc1sc(NC(=S)N(N)Cc2ccc(=O)[nH]c2)c(C(=O)c2ccc(NC(C)O)cc2)c1C. The van der Waals surface area contributed by atoms with Crippen molar-refractivity contribution in [3.63, 3.8) is 0 Å². The number of H-pyrrole nitrogens is 1. The Hall–Kier alpha value is -3.05. The van der Waals surface area contributed by atoms with E-state index in [1.54, 1.807) is 43.5 Å². The smallest absolute Gasteiger partial charge is 0.247 e. The van der Waals surface area contributed by atoms with E-state index in [1.807, 2.05) is 13.8 Å². The Kier molecular flexibility index (Phi) is 7.41. The van der Waals surface area contributed by atoms with E-state index in [-0.39, 0.29) is 23.0 Å². The molecule has 8 nitrogen and oxygen atoms in total. The van der Waals surface area contributed by atoms with Crippen molar-refractivity contribution in [2.45, 2.75) is 33.5 Å². The van der Waals surface area contributed by atoms with E-state index >= 15 is 0 Å². The van der Waals surface area contributed by atoms with Crippen LogP contribution in [-0.2, 0) is 6.54 Å². The standard InChI is InChI=1S/C22H25N5O3S2/c1-12-13(2)32-21(26-22(31)27(23)11-15-4-9-18(29)24-10-15)19(12)20(30)16-5-7-17(8-6-16)25-14(3)28/h4-10,14,25,28H,11,23H2,1-3H3,(H,24,29)(H,26,31). The summed E-state index contributed by atoms with van der Waals surface area (Å²) in [7, 11) is 0. The van der Waals surface area contributed by atoms with Crippen molar-refractivity contribution in [2.24, 2.45) is 5.84 Å². The molecule has 6 N–H and O–H groups in total. The maximum Gasteiger partial charge on any atom is 0.247 e. The molecule has 0 amide bonds. The molecule has 0 radical (unpaired) electrons. The summed E-state index contributed by atoms with van der Waals surface area (Å²) in [6.45, 7) is 5.75. The molecule has 1 unspecified atom stereocenters. The van der Waals surface area contributed by atoms with E-state index in [0.717, 1.165) is 21.7 Å². The predicted octanol–water partition coefficient (Wildman–Crippen LogP) is 3.11. The van der Waals surface area contributed by atoms with Gasteiger partial charge in [0, 0.05) is 28.4 Å². The number of aliphatic hydroxyl groups excluding tert-OH is 1. The van der Waals surface area contributed by atoms with Crippen LogP contribution in [0.25, 0.3) is 0 Å². The third kappa shape index (κ3) is 5.60. The van der Waals surface area contributed by atoms with Crippen molar-refractivity contribution < 1.29 is 9.90 Å². The van der Waals surface area contributed by atoms with Crippen LogP contribution in [0.2, 0.25) is 0 Å². The predicted molar refractivity (Wildman–Crippen MR) is 132 cm³/mol. The van der Waals surface area contributed by atoms with Gasteiger partial charge in [-0.2, -0.15) is 0 Å². The third-order valence-corrected chi connectivity index (χ3v) is 6.28. The van der Waals surface area contributed by atoms with Crippen molar-refractivity contribution in [3.05, 3.63) is 80.1 Å². The first-order valence-corrected chi connectivity index (χ1v) is 11.1. The molecule has 32 heavy (non-hydrogen) atoms. The summed E-state index contributed by atoms with van der Waals surface area (Å²) in [5.74, 6) is 5.97. The maximum absolute atomic E-state index is 13.3. The van der Waals surface area contributed by atoms with Gasteiger partial charge in [0.25, 0.3) is 0 Å². The molecule has 10 heteroatoms. The first kappa shape index (κ1) is 23.6. The summed E-state index contributed by atoms with van der Waals surface area (Å²) >= 11 is 6.87. The van der Waals surface area contributed by atoms with Gasteiger partial charge in [0.05, 0.1) is 12.1 Å². The van der Waals surface area contributed by atoms with Crippen LogP contribution in [0.1, 0.15) is 38.8 Å². The molecular weight excluding hydrogens is 446 g/mol. The Morgan fingerprint density at radius 2 is 1.94 bits per heavy atom. The fourth-order valence-corrected chi connectivity index (χ4v) is 4.36. The molecule has 1 atom stereocenters. The Morgan fingerprint density at radius 3 is 2.53 bits per heavy atom. The molecule has 3 aromatic rings. The van der Waals surface area contributed by atoms with Crippen molar-refractivity contribution in [1.29, 1.82) is 0 Å². The number of aryl methyl sites for hydroxylation is 1. The summed E-state index contributed by atoms with van der Waals surface area (Å²) in [6.07, 6.45) is 0.889. The number of thiocarbonyl (C=S) groups is 1. The van der Waals surface area contributed by atoms with Gasteiger partial charge in [0.1, 0.15) is 11.2 Å². The normalized spacial score (nSPS) is 11.7. The molecule has 168 valence electrons. The number of ketones is 1. The molecule has 2 heterocycles. The lowest BCUT2D eigenvalue weighted by Crippen LogP contribution is -2.40. The quantitative estimate of drug-likeness (QED) is 0.117. The highest BCUT2D eigenvalue weighted by Gasteiger charge is 2.22. The van der Waals surface area contributed by atoms with Gasteiger partial charge in [-0.25, -0.2) is 5.84 Å². The third-order valence-electron chi connectivity index (χ3n) is 4.82. The summed E-state index contributed by atoms with van der Waals surface area (Å²) in [5, 5.41) is 17.6. The molecule has 1 aromatic carbocycles. The maximum atomic E-state index is 13.3. The van der Waals surface area contributed by atoms with Gasteiger partial charge < -0.3 is 20.7 Å². The summed E-state index contributed by atoms with van der Waals surface area (Å²) in [6, 6.07) is 10.0. The van der Waals surface area contributed by atoms with Crippen LogP contribution in [-0.4, -0.2) is 32.2 Å². The monoisotopic (exact) mass is 471 g/mol. The van der Waals surface area contributed by atoms with Gasteiger partial charge in [0.15, 0.2) is 10.9 Å². The molecule has 0 saturated carbocycles. The molecule has 0 fully saturated rings. The van der Waals surface area contributed by atoms with Crippen molar-refractivity contribution in [1.82, 2.24) is 9.99 Å². The average Bonchev–Trinajstić information content (AvgIpc) is 3.02. The van der Waals surface area contributed by atoms with E-state index in [1.165, 1.54) is 22.4 Å². The molecule has 3 rings (SSSR count). The molecule has 0 spiro atoms. The van der Waals surface area contributed by atoms with Crippen LogP contribution < -0.4 is 22.0 Å². The van der Waals surface area contributed by atoms with E-state index < -0.39 is 6.23 Å². The number of hydrogen-bond donors (Lipinski definition) is 5. The Morgan fingerprint density at radius 1 is 1.25 bits per heavy atom. The number of thiophene rings is 1. The van der Waals surface area contributed by atoms with Crippen molar-refractivity contribution >= 4 is 45.1 Å². The number of anilines is 2. The van der Waals surface area contributed by atoms with Gasteiger partial charge in [0.2, 0.25) is 5.56 Å². The molecule has 0 aliphatic rings. The fourth-order valence-electron chi connectivity index (χ4n) is 3.07. The topological polar surface area (TPSA) is 123 Å². The Bertz CT molecular complexity index is 1160. The molecular formula is C22H25N5O3S2. The number of hydrogen-bond acceptors (Lipinski definition) is 7. The van der Waals surface area contributed by atoms with Crippen molar-refractivity contribution in [3.8, 4) is 0 Å². The van der Waals surface area contributed by atoms with Gasteiger partial charge in [-0.1, -0.05) is 6.07 Å². The first-order chi connectivity index (χ1) is 15.2. The zero-order valence-electron chi connectivity index (χ0n) is 17.9. The number of pyridine rings is 1. The largest absolute Gasteiger partial charge is 0.374 e. The second kappa shape index (κ2) is 10.0. The van der Waals surface area contributed by atoms with Gasteiger partial charge in [-0.05, 0) is 68.4 Å². The average molecular weight is 472 g/mol. The van der Waals surface area contributed by atoms with E-state index in [9.17, 15) is 14.7 Å². The minimum atomic E-state index is -0.689. The highest BCUT2D eigenvalue weighted by atomic mass is 32.1. The van der Waals surface area contributed by atoms with Crippen LogP contribution >= 0.6 is 23.6 Å². The lowest BCUT2D eigenvalue weighted by atomic mass is 10.0. The Balaban J connectivity index is 1.79. The number of aromatic amines is 1. The van der Waals surface area contributed by atoms with Crippen LogP contribution in [0.4, 0.5) is 10.7 Å². The number of carbonyl (C=O) groups is 1. The van der Waals surface area contributed by atoms with E-state index in [0.29, 0.717) is 16.1 Å². The van der Waals surface area contributed by atoms with Crippen LogP contribution in [0.5, 0.6) is 0 Å². The number of rotatable bonds is 7. The van der Waals surface area contributed by atoms with Crippen LogP contribution in [0, 0.1) is 13.8 Å². The lowest BCUT2D eigenvalue weighted by molar-refractivity contribution is 0.103. The summed E-state index contributed by atoms with van der Waals surface area (Å²) in [4.78, 5) is 28.1. The van der Waals surface area contributed by atoms with Crippen LogP contribution in [0.15, 0.2) is 47.4 Å². The minimum Gasteiger partial charge on any atom is -0.374 e. The van der Waals surface area contributed by atoms with Crippen LogP contribution in [0.3, 0.4) is 0 Å². The summed E-state index contributed by atoms with van der Waals surface area (Å²) < 4.78 is 0. The number of aromatic nitrogens is 1. The Labute approximate surface area is 195 Å². The lowest BCUT2D eigenvalue weighted by Gasteiger charge is -2.20. The number of nitrogens with two attached hydrogens (primary N) is 1. The number of benzene rings is 1. The second-order valence-corrected chi connectivity index (χ2v) is 8.94. The molecule has 0 aliphatic heterocycles. The van der Waals surface area contributed by atoms with E-state index in [4.69, 9.17) is 18.1 Å². The van der Waals surface area contributed by atoms with E-state index in [2.05, 4.69) is 15.6 Å². The number of hydrazine groups is 1. The molecule has 0 aliphatic carbocycles. The second-order valence-electron chi connectivity index (χ2n) is 7.33. The highest BCUT2D eigenvalue weighted by Crippen LogP contribution is 2.34. The number of nitrogens with zero attached hydrogens (tertiary/aromatic N) is 1. The number of nitrogens with one attached hydrogen (secondary N) is 3. The van der Waals surface area contributed by atoms with Gasteiger partial charge in [-0.3, -0.25) is 14.6 Å². The number of carbonyl (C=O) groups excluding carboxylic acids is 1.